The molecule has 4 nitrogen and oxygen atoms in total. The van der Waals surface area contributed by atoms with E-state index < -0.39 is 0 Å². The summed E-state index contributed by atoms with van der Waals surface area (Å²) in [7, 11) is 0. The molecule has 26 heavy (non-hydrogen) atoms. The van der Waals surface area contributed by atoms with Crippen molar-refractivity contribution in [3.8, 4) is 0 Å². The Balaban J connectivity index is 0. The van der Waals surface area contributed by atoms with Gasteiger partial charge in [-0.05, 0) is 24.7 Å². The zero-order chi connectivity index (χ0) is 20.2. The lowest BCUT2D eigenvalue weighted by Crippen LogP contribution is -2.35. The minimum atomic E-state index is 0.125. The predicted octanol–water partition coefficient (Wildman–Crippen LogP) is 5.46. The Labute approximate surface area is 163 Å². The largest absolute Gasteiger partial charge is 0.356 e. The van der Waals surface area contributed by atoms with Crippen molar-refractivity contribution in [2.45, 2.75) is 106 Å². The van der Waals surface area contributed by atoms with Crippen LogP contribution in [0.3, 0.4) is 0 Å². The maximum absolute atomic E-state index is 11.5. The van der Waals surface area contributed by atoms with Crippen LogP contribution < -0.4 is 10.6 Å². The molecule has 0 rings (SSSR count). The van der Waals surface area contributed by atoms with Crippen LogP contribution in [-0.4, -0.2) is 24.9 Å². The van der Waals surface area contributed by atoms with Crippen LogP contribution in [0.5, 0.6) is 0 Å². The summed E-state index contributed by atoms with van der Waals surface area (Å²) in [5.74, 6) is 1.46. The molecule has 0 fully saturated rings. The monoisotopic (exact) mass is 370 g/mol. The van der Waals surface area contributed by atoms with E-state index in [9.17, 15) is 9.59 Å². The van der Waals surface area contributed by atoms with Crippen molar-refractivity contribution < 1.29 is 9.59 Å². The standard InChI is InChI=1S/C16H32N2O2.C6H14/c1-4-6-8-10-15(19)17-12-14(3)13-18-16(20)11-9-7-5-2;1-4-6(3)5-2/h14H,4-13H2,1-3H3,(H,17,19)(H,18,20);6H,4-5H2,1-3H3. The molecule has 0 spiro atoms. The normalized spacial score (nSPS) is 10.5. The summed E-state index contributed by atoms with van der Waals surface area (Å²) in [4.78, 5) is 23.1. The van der Waals surface area contributed by atoms with Gasteiger partial charge in [-0.1, -0.05) is 80.1 Å². The van der Waals surface area contributed by atoms with E-state index >= 15 is 0 Å². The van der Waals surface area contributed by atoms with Gasteiger partial charge in [-0.3, -0.25) is 9.59 Å². The SMILES string of the molecule is CCC(C)CC.CCCCCC(=O)NCC(C)CNC(=O)CCCCC. The molecule has 0 atom stereocenters. The number of hydrogen-bond donors (Lipinski definition) is 2. The maximum Gasteiger partial charge on any atom is 0.220 e. The second-order valence-corrected chi connectivity index (χ2v) is 7.55. The molecule has 0 aliphatic carbocycles. The first-order valence-corrected chi connectivity index (χ1v) is 10.9. The van der Waals surface area contributed by atoms with Gasteiger partial charge >= 0.3 is 0 Å². The van der Waals surface area contributed by atoms with Gasteiger partial charge in [0.25, 0.3) is 0 Å². The summed E-state index contributed by atoms with van der Waals surface area (Å²) in [5, 5.41) is 5.85. The van der Waals surface area contributed by atoms with E-state index in [4.69, 9.17) is 0 Å². The molecule has 2 N–H and O–H groups in total. The van der Waals surface area contributed by atoms with Crippen molar-refractivity contribution in [3.05, 3.63) is 0 Å². The van der Waals surface area contributed by atoms with Crippen molar-refractivity contribution in [3.63, 3.8) is 0 Å². The van der Waals surface area contributed by atoms with E-state index in [0.717, 1.165) is 44.4 Å². The molecule has 0 aromatic carbocycles. The van der Waals surface area contributed by atoms with Crippen molar-refractivity contribution in [2.75, 3.05) is 13.1 Å². The zero-order valence-electron chi connectivity index (χ0n) is 18.5. The fourth-order valence-corrected chi connectivity index (χ4v) is 2.18. The van der Waals surface area contributed by atoms with E-state index in [0.29, 0.717) is 25.9 Å². The maximum atomic E-state index is 11.5. The predicted molar refractivity (Wildman–Crippen MR) is 113 cm³/mol. The van der Waals surface area contributed by atoms with Gasteiger partial charge < -0.3 is 10.6 Å². The van der Waals surface area contributed by atoms with E-state index in [2.05, 4.69) is 45.3 Å². The quantitative estimate of drug-likeness (QED) is 0.399. The van der Waals surface area contributed by atoms with E-state index in [1.165, 1.54) is 12.8 Å². The Morgan fingerprint density at radius 3 is 1.31 bits per heavy atom. The van der Waals surface area contributed by atoms with Gasteiger partial charge in [-0.2, -0.15) is 0 Å². The Hall–Kier alpha value is -1.06. The van der Waals surface area contributed by atoms with Crippen LogP contribution in [0.1, 0.15) is 106 Å². The van der Waals surface area contributed by atoms with Crippen LogP contribution in [0.4, 0.5) is 0 Å². The summed E-state index contributed by atoms with van der Waals surface area (Å²) in [6.45, 7) is 14.3. The molecular weight excluding hydrogens is 324 g/mol. The number of carbonyl (C=O) groups is 2. The minimum absolute atomic E-state index is 0.125. The summed E-state index contributed by atoms with van der Waals surface area (Å²) in [5.41, 5.74) is 0. The van der Waals surface area contributed by atoms with Gasteiger partial charge in [0.05, 0.1) is 0 Å². The van der Waals surface area contributed by atoms with Crippen LogP contribution in [0.15, 0.2) is 0 Å². The van der Waals surface area contributed by atoms with Gasteiger partial charge in [0, 0.05) is 25.9 Å². The number of hydrogen-bond acceptors (Lipinski definition) is 2. The third-order valence-corrected chi connectivity index (χ3v) is 4.70. The molecule has 0 saturated carbocycles. The lowest BCUT2D eigenvalue weighted by Gasteiger charge is -2.13. The van der Waals surface area contributed by atoms with Gasteiger partial charge in [0.15, 0.2) is 0 Å². The summed E-state index contributed by atoms with van der Waals surface area (Å²) >= 11 is 0. The Kier molecular flexibility index (Phi) is 21.2. The topological polar surface area (TPSA) is 58.2 Å². The first kappa shape index (κ1) is 27.2. The lowest BCUT2D eigenvalue weighted by atomic mass is 10.1. The highest BCUT2D eigenvalue weighted by atomic mass is 16.2. The summed E-state index contributed by atoms with van der Waals surface area (Å²) < 4.78 is 0. The molecule has 2 amide bonds. The van der Waals surface area contributed by atoms with Crippen LogP contribution in [-0.2, 0) is 9.59 Å². The fourth-order valence-electron chi connectivity index (χ4n) is 2.18. The Morgan fingerprint density at radius 1 is 0.654 bits per heavy atom. The van der Waals surface area contributed by atoms with E-state index in [-0.39, 0.29) is 17.7 Å². The van der Waals surface area contributed by atoms with Crippen LogP contribution in [0.2, 0.25) is 0 Å². The summed E-state index contributed by atoms with van der Waals surface area (Å²) in [6, 6.07) is 0. The molecule has 156 valence electrons. The number of unbranched alkanes of at least 4 members (excludes halogenated alkanes) is 4. The first-order chi connectivity index (χ1) is 12.4. The molecule has 0 aromatic heterocycles. The average Bonchev–Trinajstić information content (AvgIpc) is 2.65. The highest BCUT2D eigenvalue weighted by molar-refractivity contribution is 5.76. The third kappa shape index (κ3) is 21.0. The number of rotatable bonds is 14. The Morgan fingerprint density at radius 2 is 1.04 bits per heavy atom. The van der Waals surface area contributed by atoms with Gasteiger partial charge in [-0.15, -0.1) is 0 Å². The molecule has 0 aliphatic rings. The molecule has 0 radical (unpaired) electrons. The Bertz CT molecular complexity index is 302. The van der Waals surface area contributed by atoms with Crippen LogP contribution in [0.25, 0.3) is 0 Å². The summed E-state index contributed by atoms with van der Waals surface area (Å²) in [6.07, 6.45) is 10.3. The molecule has 0 bridgehead atoms. The van der Waals surface area contributed by atoms with Crippen LogP contribution >= 0.6 is 0 Å². The number of carbonyl (C=O) groups excluding carboxylic acids is 2. The molecule has 0 heterocycles. The molecule has 4 heteroatoms. The van der Waals surface area contributed by atoms with E-state index in [1.807, 2.05) is 6.92 Å². The van der Waals surface area contributed by atoms with Crippen molar-refractivity contribution >= 4 is 11.8 Å². The van der Waals surface area contributed by atoms with Crippen molar-refractivity contribution in [2.24, 2.45) is 11.8 Å². The van der Waals surface area contributed by atoms with Gasteiger partial charge in [-0.25, -0.2) is 0 Å². The molecule has 0 aliphatic heterocycles. The van der Waals surface area contributed by atoms with Crippen molar-refractivity contribution in [1.82, 2.24) is 10.6 Å². The van der Waals surface area contributed by atoms with E-state index in [1.54, 1.807) is 0 Å². The highest BCUT2D eigenvalue weighted by Gasteiger charge is 2.07. The first-order valence-electron chi connectivity index (χ1n) is 10.9. The second-order valence-electron chi connectivity index (χ2n) is 7.55. The number of amides is 2. The fraction of sp³-hybridized carbons (Fsp3) is 0.909. The van der Waals surface area contributed by atoms with Crippen LogP contribution in [0, 0.1) is 11.8 Å². The number of nitrogens with one attached hydrogen (secondary N) is 2. The minimum Gasteiger partial charge on any atom is -0.356 e. The molecule has 0 unspecified atom stereocenters. The molecule has 0 saturated heterocycles. The molecule has 0 aromatic rings. The average molecular weight is 371 g/mol. The van der Waals surface area contributed by atoms with Gasteiger partial charge in [0.2, 0.25) is 11.8 Å². The third-order valence-electron chi connectivity index (χ3n) is 4.70. The lowest BCUT2D eigenvalue weighted by molar-refractivity contribution is -0.121. The highest BCUT2D eigenvalue weighted by Crippen LogP contribution is 2.03. The second kappa shape index (κ2) is 20.3. The van der Waals surface area contributed by atoms with Gasteiger partial charge in [0.1, 0.15) is 0 Å². The van der Waals surface area contributed by atoms with Crippen molar-refractivity contribution in [1.29, 1.82) is 0 Å². The molecular formula is C22H46N2O2. The zero-order valence-corrected chi connectivity index (χ0v) is 18.5. The smallest absolute Gasteiger partial charge is 0.220 e.